The molecule has 0 aliphatic heterocycles. The third-order valence-electron chi connectivity index (χ3n) is 3.62. The highest BCUT2D eigenvalue weighted by molar-refractivity contribution is 5.92. The zero-order chi connectivity index (χ0) is 14.8. The number of rotatable bonds is 3. The number of nitrogens with one attached hydrogen (secondary N) is 1. The van der Waals surface area contributed by atoms with Crippen LogP contribution in [0.5, 0.6) is 0 Å². The normalized spacial score (nSPS) is 23.2. The molecular formula is C15H20N4O. The van der Waals surface area contributed by atoms with Gasteiger partial charge in [0.2, 0.25) is 0 Å². The van der Waals surface area contributed by atoms with Crippen LogP contribution in [0.15, 0.2) is 29.4 Å². The Morgan fingerprint density at radius 3 is 2.85 bits per heavy atom. The Hall–Kier alpha value is -2.04. The van der Waals surface area contributed by atoms with Crippen LogP contribution in [0, 0.1) is 11.3 Å². The number of aromatic amines is 1. The summed E-state index contributed by atoms with van der Waals surface area (Å²) in [5, 5.41) is 13.7. The van der Waals surface area contributed by atoms with Crippen molar-refractivity contribution in [2.45, 2.75) is 34.1 Å². The maximum absolute atomic E-state index is 11.6. The molecule has 1 heterocycles. The van der Waals surface area contributed by atoms with Crippen LogP contribution in [0.3, 0.4) is 0 Å². The number of allylic oxidation sites excluding steroid dienone is 5. The van der Waals surface area contributed by atoms with Gasteiger partial charge in [-0.05, 0) is 42.2 Å². The second-order valence-corrected chi connectivity index (χ2v) is 6.02. The largest absolute Gasteiger partial charge is 0.295 e. The number of ketones is 1. The van der Waals surface area contributed by atoms with Crippen molar-refractivity contribution < 1.29 is 4.79 Å². The summed E-state index contributed by atoms with van der Waals surface area (Å²) in [6.45, 7) is 8.28. The van der Waals surface area contributed by atoms with Crippen LogP contribution >= 0.6 is 0 Å². The topological polar surface area (TPSA) is 71.5 Å². The van der Waals surface area contributed by atoms with Crippen molar-refractivity contribution in [1.82, 2.24) is 20.6 Å². The Bertz CT molecular complexity index is 579. The first-order chi connectivity index (χ1) is 9.38. The molecule has 0 radical (unpaired) electrons. The van der Waals surface area contributed by atoms with Gasteiger partial charge in [0.05, 0.1) is 0 Å². The summed E-state index contributed by atoms with van der Waals surface area (Å²) < 4.78 is 0. The molecule has 0 saturated carbocycles. The first-order valence-corrected chi connectivity index (χ1v) is 6.69. The molecule has 0 saturated heterocycles. The third-order valence-corrected chi connectivity index (χ3v) is 3.62. The molecule has 0 amide bonds. The molecule has 106 valence electrons. The Labute approximate surface area is 118 Å². The Balaban J connectivity index is 2.18. The molecule has 0 bridgehead atoms. The molecule has 1 N–H and O–H groups in total. The zero-order valence-electron chi connectivity index (χ0n) is 12.3. The maximum Gasteiger partial charge on any atom is 0.197 e. The smallest absolute Gasteiger partial charge is 0.197 e. The predicted octanol–water partition coefficient (Wildman–Crippen LogP) is 2.72. The number of carbonyl (C=O) groups is 1. The van der Waals surface area contributed by atoms with Crippen molar-refractivity contribution in [1.29, 1.82) is 0 Å². The van der Waals surface area contributed by atoms with Crippen LogP contribution in [-0.2, 0) is 4.79 Å². The van der Waals surface area contributed by atoms with Crippen molar-refractivity contribution in [2.24, 2.45) is 11.3 Å². The monoisotopic (exact) mass is 272 g/mol. The summed E-state index contributed by atoms with van der Waals surface area (Å²) >= 11 is 0. The molecule has 0 fully saturated rings. The van der Waals surface area contributed by atoms with Gasteiger partial charge in [-0.15, -0.1) is 10.2 Å². The van der Waals surface area contributed by atoms with E-state index < -0.39 is 0 Å². The fourth-order valence-electron chi connectivity index (χ4n) is 2.71. The average Bonchev–Trinajstić information content (AvgIpc) is 2.78. The van der Waals surface area contributed by atoms with Crippen molar-refractivity contribution in [3.8, 4) is 0 Å². The molecule has 0 spiro atoms. The van der Waals surface area contributed by atoms with Gasteiger partial charge in [-0.2, -0.15) is 5.21 Å². The maximum atomic E-state index is 11.6. The van der Waals surface area contributed by atoms with Crippen LogP contribution in [0.25, 0.3) is 6.08 Å². The molecule has 1 aromatic rings. The minimum absolute atomic E-state index is 0.0428. The Morgan fingerprint density at radius 1 is 1.50 bits per heavy atom. The molecular weight excluding hydrogens is 252 g/mol. The fraction of sp³-hybridized carbons (Fsp3) is 0.467. The molecule has 1 aliphatic rings. The van der Waals surface area contributed by atoms with Gasteiger partial charge in [-0.3, -0.25) is 4.79 Å². The molecule has 5 nitrogen and oxygen atoms in total. The average molecular weight is 272 g/mol. The highest BCUT2D eigenvalue weighted by Crippen LogP contribution is 2.40. The van der Waals surface area contributed by atoms with Gasteiger partial charge in [0, 0.05) is 12.3 Å². The lowest BCUT2D eigenvalue weighted by Gasteiger charge is -2.35. The Morgan fingerprint density at radius 2 is 2.25 bits per heavy atom. The fourth-order valence-corrected chi connectivity index (χ4v) is 2.71. The first kappa shape index (κ1) is 14.4. The van der Waals surface area contributed by atoms with Gasteiger partial charge in [0.15, 0.2) is 11.6 Å². The number of hydrogen-bond donors (Lipinski definition) is 1. The second-order valence-electron chi connectivity index (χ2n) is 6.02. The van der Waals surface area contributed by atoms with E-state index in [-0.39, 0.29) is 17.1 Å². The molecule has 1 atom stereocenters. The minimum atomic E-state index is -0.0428. The van der Waals surface area contributed by atoms with Crippen molar-refractivity contribution in [3.05, 3.63) is 35.2 Å². The number of tetrazole rings is 1. The van der Waals surface area contributed by atoms with Gasteiger partial charge in [0.25, 0.3) is 0 Å². The summed E-state index contributed by atoms with van der Waals surface area (Å²) in [5.74, 6) is 1.06. The van der Waals surface area contributed by atoms with Gasteiger partial charge in [0.1, 0.15) is 0 Å². The van der Waals surface area contributed by atoms with E-state index in [1.807, 2.05) is 19.9 Å². The van der Waals surface area contributed by atoms with Crippen LogP contribution in [0.4, 0.5) is 0 Å². The van der Waals surface area contributed by atoms with Gasteiger partial charge >= 0.3 is 0 Å². The van der Waals surface area contributed by atoms with Crippen LogP contribution in [0.1, 0.15) is 39.9 Å². The SMILES string of the molecule is CC1=CC(=O)CC(C)(C)C1/C=C/C(C)=C/c1nn[nH]n1. The van der Waals surface area contributed by atoms with E-state index in [1.165, 1.54) is 0 Å². The van der Waals surface area contributed by atoms with Crippen LogP contribution in [-0.4, -0.2) is 26.4 Å². The number of aromatic nitrogens is 4. The van der Waals surface area contributed by atoms with E-state index in [0.29, 0.717) is 12.2 Å². The summed E-state index contributed by atoms with van der Waals surface area (Å²) in [6, 6.07) is 0. The van der Waals surface area contributed by atoms with Crippen molar-refractivity contribution in [2.75, 3.05) is 0 Å². The van der Waals surface area contributed by atoms with E-state index in [0.717, 1.165) is 11.1 Å². The lowest BCUT2D eigenvalue weighted by Crippen LogP contribution is -2.30. The van der Waals surface area contributed by atoms with Gasteiger partial charge in [-0.1, -0.05) is 31.6 Å². The lowest BCUT2D eigenvalue weighted by molar-refractivity contribution is -0.117. The van der Waals surface area contributed by atoms with E-state index in [9.17, 15) is 4.79 Å². The standard InChI is InChI=1S/C15H20N4O/c1-10(7-14-16-18-19-17-14)5-6-13-11(2)8-12(20)9-15(13,3)4/h5-8,13H,9H2,1-4H3,(H,16,17,18,19)/b6-5+,10-7+. The van der Waals surface area contributed by atoms with Crippen LogP contribution in [0.2, 0.25) is 0 Å². The molecule has 20 heavy (non-hydrogen) atoms. The van der Waals surface area contributed by atoms with Gasteiger partial charge in [-0.25, -0.2) is 0 Å². The Kier molecular flexibility index (Phi) is 3.97. The summed E-state index contributed by atoms with van der Waals surface area (Å²) in [6.07, 6.45) is 8.42. The molecule has 1 unspecified atom stereocenters. The summed E-state index contributed by atoms with van der Waals surface area (Å²) in [5.41, 5.74) is 2.13. The van der Waals surface area contributed by atoms with Crippen LogP contribution < -0.4 is 0 Å². The highest BCUT2D eigenvalue weighted by atomic mass is 16.1. The second kappa shape index (κ2) is 5.53. The lowest BCUT2D eigenvalue weighted by atomic mass is 9.68. The molecule has 0 aromatic carbocycles. The first-order valence-electron chi connectivity index (χ1n) is 6.69. The van der Waals surface area contributed by atoms with E-state index in [2.05, 4.69) is 46.6 Å². The highest BCUT2D eigenvalue weighted by Gasteiger charge is 2.34. The van der Waals surface area contributed by atoms with Gasteiger partial charge < -0.3 is 0 Å². The third kappa shape index (κ3) is 3.29. The number of H-pyrrole nitrogens is 1. The number of carbonyl (C=O) groups excluding carboxylic acids is 1. The molecule has 2 rings (SSSR count). The minimum Gasteiger partial charge on any atom is -0.295 e. The summed E-state index contributed by atoms with van der Waals surface area (Å²) in [4.78, 5) is 11.6. The zero-order valence-corrected chi connectivity index (χ0v) is 12.3. The van der Waals surface area contributed by atoms with E-state index >= 15 is 0 Å². The van der Waals surface area contributed by atoms with E-state index in [1.54, 1.807) is 6.08 Å². The quantitative estimate of drug-likeness (QED) is 0.859. The molecule has 5 heteroatoms. The van der Waals surface area contributed by atoms with E-state index in [4.69, 9.17) is 0 Å². The summed E-state index contributed by atoms with van der Waals surface area (Å²) in [7, 11) is 0. The van der Waals surface area contributed by atoms with Crippen molar-refractivity contribution >= 4 is 11.9 Å². The van der Waals surface area contributed by atoms with Crippen molar-refractivity contribution in [3.63, 3.8) is 0 Å². The molecule has 1 aliphatic carbocycles. The predicted molar refractivity (Wildman–Crippen MR) is 77.6 cm³/mol. The number of hydrogen-bond acceptors (Lipinski definition) is 4. The molecule has 1 aromatic heterocycles. The number of nitrogens with zero attached hydrogens (tertiary/aromatic N) is 3.